The van der Waals surface area contributed by atoms with Gasteiger partial charge in [-0.2, -0.15) is 0 Å². The van der Waals surface area contributed by atoms with Crippen molar-refractivity contribution in [2.75, 3.05) is 13.2 Å². The van der Waals surface area contributed by atoms with Crippen LogP contribution in [0.25, 0.3) is 0 Å². The third kappa shape index (κ3) is 7.43. The fourth-order valence-electron chi connectivity index (χ4n) is 4.33. The third-order valence-electron chi connectivity index (χ3n) is 6.11. The maximum Gasteiger partial charge on any atom is 0.308 e. The number of carbonyl (C=O) groups is 3. The van der Waals surface area contributed by atoms with Crippen LogP contribution in [0.1, 0.15) is 76.3 Å². The zero-order valence-electron chi connectivity index (χ0n) is 20.4. The van der Waals surface area contributed by atoms with Crippen molar-refractivity contribution >= 4 is 17.7 Å². The first-order valence-electron chi connectivity index (χ1n) is 12.3. The van der Waals surface area contributed by atoms with Gasteiger partial charge in [0.25, 0.3) is 0 Å². The van der Waals surface area contributed by atoms with Crippen LogP contribution in [-0.2, 0) is 19.2 Å². The Labute approximate surface area is 201 Å². The summed E-state index contributed by atoms with van der Waals surface area (Å²) < 4.78 is 10.8. The van der Waals surface area contributed by atoms with Crippen molar-refractivity contribution in [2.45, 2.75) is 72.0 Å². The van der Waals surface area contributed by atoms with Crippen LogP contribution in [0.2, 0.25) is 0 Å². The second-order valence-electron chi connectivity index (χ2n) is 9.48. The van der Waals surface area contributed by atoms with Crippen LogP contribution in [-0.4, -0.2) is 47.2 Å². The predicted octanol–water partition coefficient (Wildman–Crippen LogP) is 4.04. The lowest BCUT2D eigenvalue weighted by molar-refractivity contribution is -0.186. The summed E-state index contributed by atoms with van der Waals surface area (Å²) in [4.78, 5) is 44.6. The molecule has 9 heteroatoms. The van der Waals surface area contributed by atoms with Crippen LogP contribution in [0.5, 0.6) is 0 Å². The summed E-state index contributed by atoms with van der Waals surface area (Å²) in [5.41, 5.74) is 2.50. The second kappa shape index (κ2) is 12.7. The average molecular weight is 476 g/mol. The van der Waals surface area contributed by atoms with Gasteiger partial charge in [0.15, 0.2) is 12.1 Å². The molecule has 1 aliphatic heterocycles. The van der Waals surface area contributed by atoms with Gasteiger partial charge in [-0.15, -0.1) is 0 Å². The number of hydroxylamine groups is 1. The van der Waals surface area contributed by atoms with Gasteiger partial charge < -0.3 is 9.15 Å². The van der Waals surface area contributed by atoms with Crippen LogP contribution in [0.3, 0.4) is 0 Å². The second-order valence-corrected chi connectivity index (χ2v) is 9.48. The maximum absolute atomic E-state index is 13.3. The molecule has 3 rings (SSSR count). The normalized spacial score (nSPS) is 18.4. The molecule has 188 valence electrons. The van der Waals surface area contributed by atoms with Crippen molar-refractivity contribution in [3.8, 4) is 0 Å². The van der Waals surface area contributed by atoms with E-state index in [1.807, 2.05) is 19.9 Å². The van der Waals surface area contributed by atoms with Crippen LogP contribution in [0, 0.1) is 17.8 Å². The Balaban J connectivity index is 1.64. The van der Waals surface area contributed by atoms with E-state index in [9.17, 15) is 14.4 Å². The molecule has 1 fully saturated rings. The largest absolute Gasteiger partial charge is 0.459 e. The van der Waals surface area contributed by atoms with Gasteiger partial charge >= 0.3 is 5.91 Å². The SMILES string of the molecule is CC(C)COC(C)ONC(=O)C(CC(=O)N1C=CCCN1C(=O)c1ccco1)CC1CCCC1. The summed E-state index contributed by atoms with van der Waals surface area (Å²) in [6.45, 7) is 6.65. The van der Waals surface area contributed by atoms with E-state index in [0.29, 0.717) is 37.8 Å². The van der Waals surface area contributed by atoms with Gasteiger partial charge in [-0.3, -0.25) is 14.4 Å². The molecule has 2 unspecified atom stereocenters. The van der Waals surface area contributed by atoms with E-state index < -0.39 is 12.2 Å². The number of carbonyl (C=O) groups excluding carboxylic acids is 3. The van der Waals surface area contributed by atoms with Crippen LogP contribution < -0.4 is 5.48 Å². The Hall–Kier alpha value is -2.65. The highest BCUT2D eigenvalue weighted by Crippen LogP contribution is 2.32. The van der Waals surface area contributed by atoms with Crippen molar-refractivity contribution < 1.29 is 28.4 Å². The standard InChI is InChI=1S/C25H37N3O6/c1-18(2)17-33-19(3)34-26-24(30)21(15-20-9-4-5-10-20)16-23(29)27-12-6-7-13-28(27)25(31)22-11-8-14-32-22/h6,8,11-12,14,18-21H,4-5,7,9-10,13,15-17H2,1-3H3,(H,26,30). The lowest BCUT2D eigenvalue weighted by Gasteiger charge is -2.35. The molecule has 3 amide bonds. The molecule has 2 atom stereocenters. The minimum Gasteiger partial charge on any atom is -0.459 e. The van der Waals surface area contributed by atoms with E-state index in [-0.39, 0.29) is 29.9 Å². The number of hydrogen-bond acceptors (Lipinski definition) is 6. The van der Waals surface area contributed by atoms with Gasteiger partial charge in [-0.25, -0.2) is 20.3 Å². The fraction of sp³-hybridized carbons (Fsp3) is 0.640. The maximum atomic E-state index is 13.3. The molecular formula is C25H37N3O6. The number of nitrogens with zero attached hydrogens (tertiary/aromatic N) is 2. The topological polar surface area (TPSA) is 101 Å². The van der Waals surface area contributed by atoms with Crippen molar-refractivity contribution in [2.24, 2.45) is 17.8 Å². The van der Waals surface area contributed by atoms with Crippen molar-refractivity contribution in [1.29, 1.82) is 0 Å². The third-order valence-corrected chi connectivity index (χ3v) is 6.11. The molecule has 1 aliphatic carbocycles. The summed E-state index contributed by atoms with van der Waals surface area (Å²) in [5.74, 6) is -0.710. The molecule has 1 saturated carbocycles. The van der Waals surface area contributed by atoms with E-state index in [4.69, 9.17) is 14.0 Å². The first-order chi connectivity index (χ1) is 16.3. The lowest BCUT2D eigenvalue weighted by Crippen LogP contribution is -2.49. The minimum absolute atomic E-state index is 0.0286. The summed E-state index contributed by atoms with van der Waals surface area (Å²) >= 11 is 0. The van der Waals surface area contributed by atoms with E-state index >= 15 is 0 Å². The number of ether oxygens (including phenoxy) is 1. The van der Waals surface area contributed by atoms with Crippen molar-refractivity contribution in [3.63, 3.8) is 0 Å². The Bertz CT molecular complexity index is 832. The van der Waals surface area contributed by atoms with E-state index in [0.717, 1.165) is 25.7 Å². The number of hydrogen-bond donors (Lipinski definition) is 1. The Morgan fingerprint density at radius 3 is 2.65 bits per heavy atom. The minimum atomic E-state index is -0.597. The highest BCUT2D eigenvalue weighted by atomic mass is 16.8. The molecule has 0 aromatic carbocycles. The lowest BCUT2D eigenvalue weighted by atomic mass is 9.90. The molecule has 0 radical (unpaired) electrons. The molecule has 1 N–H and O–H groups in total. The Kier molecular flexibility index (Phi) is 9.71. The molecular weight excluding hydrogens is 438 g/mol. The van der Waals surface area contributed by atoms with Crippen LogP contribution >= 0.6 is 0 Å². The molecule has 0 spiro atoms. The Morgan fingerprint density at radius 1 is 1.21 bits per heavy atom. The zero-order valence-corrected chi connectivity index (χ0v) is 20.4. The number of hydrazine groups is 1. The molecule has 2 aliphatic rings. The van der Waals surface area contributed by atoms with Crippen molar-refractivity contribution in [1.82, 2.24) is 15.5 Å². The molecule has 0 bridgehead atoms. The number of nitrogens with one attached hydrogen (secondary N) is 1. The number of amides is 3. The summed E-state index contributed by atoms with van der Waals surface area (Å²) in [6, 6.07) is 3.20. The van der Waals surface area contributed by atoms with Gasteiger partial charge in [0.1, 0.15) is 0 Å². The quantitative estimate of drug-likeness (QED) is 0.383. The number of furan rings is 1. The smallest absolute Gasteiger partial charge is 0.308 e. The predicted molar refractivity (Wildman–Crippen MR) is 125 cm³/mol. The van der Waals surface area contributed by atoms with E-state index in [1.54, 1.807) is 25.3 Å². The van der Waals surface area contributed by atoms with Crippen LogP contribution in [0.15, 0.2) is 35.1 Å². The monoisotopic (exact) mass is 475 g/mol. The van der Waals surface area contributed by atoms with Gasteiger partial charge in [0.05, 0.1) is 12.9 Å². The summed E-state index contributed by atoms with van der Waals surface area (Å²) in [5, 5.41) is 2.67. The van der Waals surface area contributed by atoms with Gasteiger partial charge in [0, 0.05) is 25.1 Å². The summed E-state index contributed by atoms with van der Waals surface area (Å²) in [6.07, 6.45) is 9.86. The van der Waals surface area contributed by atoms with E-state index in [2.05, 4.69) is 5.48 Å². The molecule has 9 nitrogen and oxygen atoms in total. The zero-order chi connectivity index (χ0) is 24.5. The Morgan fingerprint density at radius 2 is 1.97 bits per heavy atom. The average Bonchev–Trinajstić information content (AvgIpc) is 3.55. The van der Waals surface area contributed by atoms with E-state index in [1.165, 1.54) is 16.3 Å². The molecule has 1 aromatic heterocycles. The molecule has 0 saturated heterocycles. The molecule has 1 aromatic rings. The first-order valence-corrected chi connectivity index (χ1v) is 12.3. The van der Waals surface area contributed by atoms with Crippen LogP contribution in [0.4, 0.5) is 0 Å². The summed E-state index contributed by atoms with van der Waals surface area (Å²) in [7, 11) is 0. The van der Waals surface area contributed by atoms with Crippen molar-refractivity contribution in [3.05, 3.63) is 36.4 Å². The number of rotatable bonds is 11. The molecule has 2 heterocycles. The van der Waals surface area contributed by atoms with Gasteiger partial charge in [-0.1, -0.05) is 45.6 Å². The fourth-order valence-corrected chi connectivity index (χ4v) is 4.33. The van der Waals surface area contributed by atoms with Gasteiger partial charge in [-0.05, 0) is 43.7 Å². The highest BCUT2D eigenvalue weighted by molar-refractivity contribution is 5.94. The first kappa shape index (κ1) is 26.0. The molecule has 34 heavy (non-hydrogen) atoms. The van der Waals surface area contributed by atoms with Gasteiger partial charge in [0.2, 0.25) is 11.8 Å². The highest BCUT2D eigenvalue weighted by Gasteiger charge is 2.33.